The van der Waals surface area contributed by atoms with Gasteiger partial charge in [-0.05, 0) is 26.4 Å². The number of likely N-dealkylation sites (tertiary alicyclic amines) is 1. The number of hydrogen-bond donors (Lipinski definition) is 1. The summed E-state index contributed by atoms with van der Waals surface area (Å²) in [6.45, 7) is 2.03. The number of likely N-dealkylation sites (N-methyl/N-ethyl adjacent to an activating group) is 2. The van der Waals surface area contributed by atoms with E-state index in [4.69, 9.17) is 5.11 Å². The molecule has 0 aromatic carbocycles. The molecule has 18 heavy (non-hydrogen) atoms. The molecule has 0 radical (unpaired) electrons. The zero-order valence-corrected chi connectivity index (χ0v) is 10.7. The molecule has 1 unspecified atom stereocenters. The molecule has 0 bridgehead atoms. The monoisotopic (exact) mass is 250 g/mol. The van der Waals surface area contributed by atoms with Crippen LogP contribution in [-0.2, 0) is 0 Å². The van der Waals surface area contributed by atoms with E-state index in [0.29, 0.717) is 11.9 Å². The molecule has 1 N–H and O–H groups in total. The lowest BCUT2D eigenvalue weighted by Gasteiger charge is -2.26. The third kappa shape index (κ3) is 2.76. The fraction of sp³-hybridized carbons (Fsp3) is 0.583. The van der Waals surface area contributed by atoms with E-state index in [1.165, 1.54) is 25.2 Å². The summed E-state index contributed by atoms with van der Waals surface area (Å²) in [5.74, 6) is -0.340. The minimum Gasteiger partial charge on any atom is -0.476 e. The van der Waals surface area contributed by atoms with Gasteiger partial charge in [0.05, 0.1) is 12.4 Å². The third-order valence-corrected chi connectivity index (χ3v) is 3.40. The zero-order chi connectivity index (χ0) is 13.1. The smallest absolute Gasteiger partial charge is 0.356 e. The molecule has 1 aromatic rings. The largest absolute Gasteiger partial charge is 0.476 e. The van der Waals surface area contributed by atoms with Gasteiger partial charge in [0, 0.05) is 19.6 Å². The van der Waals surface area contributed by atoms with Crippen molar-refractivity contribution in [2.24, 2.45) is 0 Å². The van der Waals surface area contributed by atoms with Crippen LogP contribution in [0, 0.1) is 0 Å². The second-order valence-corrected chi connectivity index (χ2v) is 4.72. The number of rotatable bonds is 4. The van der Waals surface area contributed by atoms with Crippen LogP contribution < -0.4 is 4.90 Å². The van der Waals surface area contributed by atoms with Crippen LogP contribution in [0.15, 0.2) is 12.4 Å². The van der Waals surface area contributed by atoms with Crippen molar-refractivity contribution < 1.29 is 9.90 Å². The van der Waals surface area contributed by atoms with Crippen molar-refractivity contribution in [3.05, 3.63) is 18.1 Å². The average molecular weight is 250 g/mol. The number of aromatic nitrogens is 2. The van der Waals surface area contributed by atoms with Gasteiger partial charge in [0.2, 0.25) is 0 Å². The Morgan fingerprint density at radius 2 is 2.33 bits per heavy atom. The van der Waals surface area contributed by atoms with Crippen LogP contribution in [0.2, 0.25) is 0 Å². The Bertz CT molecular complexity index is 421. The first kappa shape index (κ1) is 12.8. The Morgan fingerprint density at radius 1 is 1.56 bits per heavy atom. The lowest BCUT2D eigenvalue weighted by molar-refractivity contribution is 0.0690. The Morgan fingerprint density at radius 3 is 2.83 bits per heavy atom. The maximum Gasteiger partial charge on any atom is 0.356 e. The highest BCUT2D eigenvalue weighted by atomic mass is 16.4. The molecular weight excluding hydrogens is 232 g/mol. The molecular formula is C12H18N4O2. The average Bonchev–Trinajstić information content (AvgIpc) is 2.75. The second-order valence-electron chi connectivity index (χ2n) is 4.72. The summed E-state index contributed by atoms with van der Waals surface area (Å²) in [5.41, 5.74) is -0.0230. The molecule has 0 aliphatic carbocycles. The summed E-state index contributed by atoms with van der Waals surface area (Å²) >= 11 is 0. The maximum absolute atomic E-state index is 10.7. The van der Waals surface area contributed by atoms with Gasteiger partial charge in [0.15, 0.2) is 5.69 Å². The van der Waals surface area contributed by atoms with Gasteiger partial charge < -0.3 is 14.9 Å². The number of anilines is 1. The molecule has 1 atom stereocenters. The molecule has 0 saturated carbocycles. The van der Waals surface area contributed by atoms with Crippen LogP contribution in [0.5, 0.6) is 0 Å². The van der Waals surface area contributed by atoms with E-state index in [0.717, 1.165) is 13.1 Å². The summed E-state index contributed by atoms with van der Waals surface area (Å²) in [6, 6.07) is 0.538. The van der Waals surface area contributed by atoms with Crippen LogP contribution >= 0.6 is 0 Å². The molecule has 98 valence electrons. The number of carboxylic acids is 1. The van der Waals surface area contributed by atoms with E-state index in [2.05, 4.69) is 21.9 Å². The summed E-state index contributed by atoms with van der Waals surface area (Å²) < 4.78 is 0. The predicted molar refractivity (Wildman–Crippen MR) is 67.9 cm³/mol. The van der Waals surface area contributed by atoms with Gasteiger partial charge in [-0.15, -0.1) is 0 Å². The highest BCUT2D eigenvalue weighted by molar-refractivity contribution is 5.84. The predicted octanol–water partition coefficient (Wildman–Crippen LogP) is 0.705. The summed E-state index contributed by atoms with van der Waals surface area (Å²) in [6.07, 6.45) is 5.24. The minimum absolute atomic E-state index is 0.0230. The number of carbonyl (C=O) groups is 1. The van der Waals surface area contributed by atoms with E-state index < -0.39 is 5.97 Å². The van der Waals surface area contributed by atoms with Gasteiger partial charge in [0.25, 0.3) is 0 Å². The first-order valence-electron chi connectivity index (χ1n) is 6.04. The number of carboxylic acid groups (broad SMARTS) is 1. The van der Waals surface area contributed by atoms with Crippen LogP contribution in [-0.4, -0.2) is 59.2 Å². The number of nitrogens with zero attached hydrogens (tertiary/aromatic N) is 4. The van der Waals surface area contributed by atoms with Crippen molar-refractivity contribution in [2.45, 2.75) is 18.9 Å². The van der Waals surface area contributed by atoms with Gasteiger partial charge in [0.1, 0.15) is 5.82 Å². The lowest BCUT2D eigenvalue weighted by Crippen LogP contribution is -2.37. The number of hydrogen-bond acceptors (Lipinski definition) is 5. The topological polar surface area (TPSA) is 69.6 Å². The molecule has 2 heterocycles. The molecule has 1 aliphatic rings. The van der Waals surface area contributed by atoms with Gasteiger partial charge >= 0.3 is 5.97 Å². The van der Waals surface area contributed by atoms with Crippen LogP contribution in [0.4, 0.5) is 5.82 Å². The Labute approximate surface area is 106 Å². The molecule has 0 amide bonds. The van der Waals surface area contributed by atoms with Gasteiger partial charge in [-0.2, -0.15) is 0 Å². The van der Waals surface area contributed by atoms with Crippen molar-refractivity contribution in [3.63, 3.8) is 0 Å². The Balaban J connectivity index is 2.00. The van der Waals surface area contributed by atoms with Crippen molar-refractivity contribution in [2.75, 3.05) is 32.1 Å². The molecule has 0 spiro atoms. The van der Waals surface area contributed by atoms with E-state index in [1.54, 1.807) is 0 Å². The van der Waals surface area contributed by atoms with E-state index in [-0.39, 0.29) is 5.69 Å². The molecule has 1 saturated heterocycles. The van der Waals surface area contributed by atoms with Crippen molar-refractivity contribution in [1.29, 1.82) is 0 Å². The SMILES string of the molecule is CN(CC1CCCN1C)c1cnc(C(=O)O)cn1. The molecule has 1 fully saturated rings. The normalized spacial score (nSPS) is 20.0. The van der Waals surface area contributed by atoms with Gasteiger partial charge in [-0.3, -0.25) is 0 Å². The molecule has 1 aliphatic heterocycles. The van der Waals surface area contributed by atoms with Crippen LogP contribution in [0.1, 0.15) is 23.3 Å². The second kappa shape index (κ2) is 5.30. The van der Waals surface area contributed by atoms with Gasteiger partial charge in [-0.25, -0.2) is 14.8 Å². The molecule has 2 rings (SSSR count). The Hall–Kier alpha value is -1.69. The van der Waals surface area contributed by atoms with Crippen LogP contribution in [0.3, 0.4) is 0 Å². The van der Waals surface area contributed by atoms with Crippen molar-refractivity contribution in [3.8, 4) is 0 Å². The van der Waals surface area contributed by atoms with E-state index in [1.807, 2.05) is 11.9 Å². The van der Waals surface area contributed by atoms with E-state index >= 15 is 0 Å². The standard InChI is InChI=1S/C12H18N4O2/c1-15-5-3-4-9(15)8-16(2)11-7-13-10(6-14-11)12(17)18/h6-7,9H,3-5,8H2,1-2H3,(H,17,18). The highest BCUT2D eigenvalue weighted by Gasteiger charge is 2.22. The highest BCUT2D eigenvalue weighted by Crippen LogP contribution is 2.17. The van der Waals surface area contributed by atoms with Crippen LogP contribution in [0.25, 0.3) is 0 Å². The quantitative estimate of drug-likeness (QED) is 0.848. The van der Waals surface area contributed by atoms with Crippen molar-refractivity contribution in [1.82, 2.24) is 14.9 Å². The first-order valence-corrected chi connectivity index (χ1v) is 6.04. The van der Waals surface area contributed by atoms with Crippen molar-refractivity contribution >= 4 is 11.8 Å². The summed E-state index contributed by atoms with van der Waals surface area (Å²) in [5, 5.41) is 8.76. The molecule has 6 nitrogen and oxygen atoms in total. The third-order valence-electron chi connectivity index (χ3n) is 3.40. The zero-order valence-electron chi connectivity index (χ0n) is 10.7. The number of aromatic carboxylic acids is 1. The summed E-state index contributed by atoms with van der Waals surface area (Å²) in [7, 11) is 4.08. The molecule has 6 heteroatoms. The Kier molecular flexibility index (Phi) is 3.76. The molecule has 1 aromatic heterocycles. The first-order chi connectivity index (χ1) is 8.58. The maximum atomic E-state index is 10.7. The minimum atomic E-state index is -1.05. The lowest BCUT2D eigenvalue weighted by atomic mass is 10.2. The van der Waals surface area contributed by atoms with E-state index in [9.17, 15) is 4.79 Å². The fourth-order valence-corrected chi connectivity index (χ4v) is 2.25. The van der Waals surface area contributed by atoms with Gasteiger partial charge in [-0.1, -0.05) is 0 Å². The summed E-state index contributed by atoms with van der Waals surface area (Å²) in [4.78, 5) is 23.0. The fourth-order valence-electron chi connectivity index (χ4n) is 2.25.